The van der Waals surface area contributed by atoms with Gasteiger partial charge >= 0.3 is 0 Å². The van der Waals surface area contributed by atoms with Crippen molar-refractivity contribution in [3.63, 3.8) is 0 Å². The highest BCUT2D eigenvalue weighted by Gasteiger charge is 2.30. The molecule has 4 aromatic rings. The molecule has 0 spiro atoms. The van der Waals surface area contributed by atoms with E-state index in [1.165, 1.54) is 6.07 Å². The smallest absolute Gasteiger partial charge is 0.280 e. The summed E-state index contributed by atoms with van der Waals surface area (Å²) >= 11 is 6.01. The van der Waals surface area contributed by atoms with Gasteiger partial charge < -0.3 is 9.64 Å². The van der Waals surface area contributed by atoms with Crippen molar-refractivity contribution < 1.29 is 9.13 Å². The molecular weight excluding hydrogens is 483 g/mol. The van der Waals surface area contributed by atoms with E-state index in [0.29, 0.717) is 43.3 Å². The highest BCUT2D eigenvalue weighted by molar-refractivity contribution is 6.30. The molecule has 2 atom stereocenters. The molecule has 8 nitrogen and oxygen atoms in total. The van der Waals surface area contributed by atoms with Crippen LogP contribution in [-0.4, -0.2) is 43.7 Å². The van der Waals surface area contributed by atoms with Crippen molar-refractivity contribution in [2.24, 2.45) is 0 Å². The van der Waals surface area contributed by atoms with Gasteiger partial charge in [-0.2, -0.15) is 0 Å². The Morgan fingerprint density at radius 3 is 2.78 bits per heavy atom. The van der Waals surface area contributed by atoms with Gasteiger partial charge in [-0.05, 0) is 56.2 Å². The lowest BCUT2D eigenvalue weighted by Gasteiger charge is -2.37. The first-order valence-electron chi connectivity index (χ1n) is 12.0. The Hall–Kier alpha value is -3.43. The molecule has 1 fully saturated rings. The molecule has 1 saturated heterocycles. The van der Waals surface area contributed by atoms with E-state index in [0.717, 1.165) is 17.7 Å². The van der Waals surface area contributed by atoms with Gasteiger partial charge in [-0.25, -0.2) is 19.3 Å². The maximum atomic E-state index is 15.1. The fourth-order valence-corrected chi connectivity index (χ4v) is 5.19. The highest BCUT2D eigenvalue weighted by Crippen LogP contribution is 2.33. The summed E-state index contributed by atoms with van der Waals surface area (Å²) in [4.78, 5) is 33.9. The zero-order chi connectivity index (χ0) is 25.0. The number of halogens is 2. The molecule has 10 heteroatoms. The first-order valence-corrected chi connectivity index (χ1v) is 12.3. The second-order valence-corrected chi connectivity index (χ2v) is 9.79. The number of aromatic nitrogens is 5. The van der Waals surface area contributed by atoms with E-state index >= 15 is 4.39 Å². The molecular formula is C26H24ClFN6O2. The summed E-state index contributed by atoms with van der Waals surface area (Å²) in [6.45, 7) is 5.51. The van der Waals surface area contributed by atoms with Crippen LogP contribution in [-0.2, 0) is 17.7 Å². The van der Waals surface area contributed by atoms with Crippen molar-refractivity contribution in [3.8, 4) is 11.3 Å². The fraction of sp³-hybridized carbons (Fsp3) is 0.346. The lowest BCUT2D eigenvalue weighted by molar-refractivity contribution is -0.0179. The molecule has 0 amide bonds. The Morgan fingerprint density at radius 2 is 1.97 bits per heavy atom. The van der Waals surface area contributed by atoms with Crippen LogP contribution in [0.25, 0.3) is 22.3 Å². The number of fused-ring (bicyclic) bond motifs is 2. The second-order valence-electron chi connectivity index (χ2n) is 9.35. The number of pyridine rings is 1. The lowest BCUT2D eigenvalue weighted by atomic mass is 10.1. The minimum absolute atomic E-state index is 0.119. The van der Waals surface area contributed by atoms with Crippen LogP contribution < -0.4 is 10.5 Å². The summed E-state index contributed by atoms with van der Waals surface area (Å²) < 4.78 is 23.0. The van der Waals surface area contributed by atoms with E-state index in [9.17, 15) is 4.79 Å². The summed E-state index contributed by atoms with van der Waals surface area (Å²) in [6.07, 6.45) is 2.93. The monoisotopic (exact) mass is 506 g/mol. The van der Waals surface area contributed by atoms with E-state index in [-0.39, 0.29) is 39.6 Å². The number of hydrogen-bond acceptors (Lipinski definition) is 7. The maximum Gasteiger partial charge on any atom is 0.280 e. The quantitative estimate of drug-likeness (QED) is 0.410. The number of anilines is 1. The van der Waals surface area contributed by atoms with E-state index < -0.39 is 5.82 Å². The molecule has 0 saturated carbocycles. The Bertz CT molecular complexity index is 1560. The van der Waals surface area contributed by atoms with Crippen LogP contribution in [0.5, 0.6) is 0 Å². The molecule has 0 unspecified atom stereocenters. The van der Waals surface area contributed by atoms with Crippen molar-refractivity contribution in [1.82, 2.24) is 24.5 Å². The normalized spacial score (nSPS) is 19.6. The van der Waals surface area contributed by atoms with E-state index in [1.807, 2.05) is 30.9 Å². The van der Waals surface area contributed by atoms with Gasteiger partial charge in [0.15, 0.2) is 5.52 Å². The third-order valence-corrected chi connectivity index (χ3v) is 6.91. The van der Waals surface area contributed by atoms with Crippen molar-refractivity contribution in [1.29, 1.82) is 0 Å². The topological polar surface area (TPSA) is 86.0 Å². The molecule has 0 radical (unpaired) electrons. The molecule has 1 aromatic carbocycles. The molecule has 2 aliphatic rings. The molecule has 0 bridgehead atoms. The SMILES string of the molecule is Cc1cc([C@H]2CN(c3nc(-c4ccc(Cl)cc4F)c4nc5n(c(=O)c4n3)CCC5)C[C@@H](C)O2)ccn1. The summed E-state index contributed by atoms with van der Waals surface area (Å²) in [5.74, 6) is 0.485. The number of aryl methyl sites for hydroxylation is 2. The van der Waals surface area contributed by atoms with Gasteiger partial charge in [0, 0.05) is 42.0 Å². The number of rotatable bonds is 3. The van der Waals surface area contributed by atoms with Gasteiger partial charge in [0.2, 0.25) is 5.95 Å². The minimum atomic E-state index is -0.531. The number of ether oxygens (including phenoxy) is 1. The highest BCUT2D eigenvalue weighted by atomic mass is 35.5. The predicted octanol–water partition coefficient (Wildman–Crippen LogP) is 4.26. The van der Waals surface area contributed by atoms with Crippen molar-refractivity contribution in [2.75, 3.05) is 18.0 Å². The molecule has 2 aliphatic heterocycles. The summed E-state index contributed by atoms with van der Waals surface area (Å²) in [5, 5.41) is 0.279. The van der Waals surface area contributed by atoms with E-state index in [2.05, 4.69) is 4.98 Å². The predicted molar refractivity (Wildman–Crippen MR) is 135 cm³/mol. The van der Waals surface area contributed by atoms with Crippen LogP contribution in [0.4, 0.5) is 10.3 Å². The Balaban J connectivity index is 1.52. The van der Waals surface area contributed by atoms with E-state index in [4.69, 9.17) is 31.3 Å². The first kappa shape index (κ1) is 23.0. The molecule has 0 N–H and O–H groups in total. The standard InChI is InChI=1S/C26H24ClFN6O2/c1-14-10-16(7-8-29-14)20-13-33(12-15(2)36-20)26-31-22(18-6-5-17(27)11-19(18)28)23-24(32-26)25(35)34-9-3-4-21(34)30-23/h5-8,10-11,15,20H,3-4,9,12-13H2,1-2H3/t15-,20-/m1/s1. The Labute approximate surface area is 211 Å². The molecule has 184 valence electrons. The molecule has 0 aliphatic carbocycles. The van der Waals surface area contributed by atoms with Crippen molar-refractivity contribution in [2.45, 2.75) is 45.4 Å². The van der Waals surface area contributed by atoms with Crippen LogP contribution in [0, 0.1) is 12.7 Å². The summed E-state index contributed by atoms with van der Waals surface area (Å²) in [7, 11) is 0. The van der Waals surface area contributed by atoms with Crippen LogP contribution in [0.3, 0.4) is 0 Å². The third kappa shape index (κ3) is 4.02. The van der Waals surface area contributed by atoms with Crippen LogP contribution in [0.1, 0.15) is 36.5 Å². The van der Waals surface area contributed by atoms with Gasteiger partial charge in [0.05, 0.1) is 12.6 Å². The average Bonchev–Trinajstić information content (AvgIpc) is 3.33. The molecule has 6 rings (SSSR count). The first-order chi connectivity index (χ1) is 17.4. The largest absolute Gasteiger partial charge is 0.367 e. The van der Waals surface area contributed by atoms with E-state index in [1.54, 1.807) is 22.9 Å². The Kier molecular flexibility index (Phi) is 5.69. The number of benzene rings is 1. The van der Waals surface area contributed by atoms with Gasteiger partial charge in [-0.1, -0.05) is 11.6 Å². The van der Waals surface area contributed by atoms with Crippen LogP contribution in [0.15, 0.2) is 41.3 Å². The fourth-order valence-electron chi connectivity index (χ4n) is 5.03. The molecule has 5 heterocycles. The number of morpholine rings is 1. The third-order valence-electron chi connectivity index (χ3n) is 6.68. The maximum absolute atomic E-state index is 15.1. The second kappa shape index (κ2) is 8.90. The van der Waals surface area contributed by atoms with Crippen LogP contribution in [0.2, 0.25) is 5.02 Å². The summed E-state index contributed by atoms with van der Waals surface area (Å²) in [6, 6.07) is 8.34. The van der Waals surface area contributed by atoms with Crippen LogP contribution >= 0.6 is 11.6 Å². The van der Waals surface area contributed by atoms with Gasteiger partial charge in [0.25, 0.3) is 5.56 Å². The minimum Gasteiger partial charge on any atom is -0.367 e. The number of hydrogen-bond donors (Lipinski definition) is 0. The van der Waals surface area contributed by atoms with Gasteiger partial charge in [-0.15, -0.1) is 0 Å². The van der Waals surface area contributed by atoms with Crippen molar-refractivity contribution in [3.05, 3.63) is 74.8 Å². The van der Waals surface area contributed by atoms with Gasteiger partial charge in [0.1, 0.15) is 29.0 Å². The molecule has 36 heavy (non-hydrogen) atoms. The van der Waals surface area contributed by atoms with Crippen molar-refractivity contribution >= 4 is 28.6 Å². The summed E-state index contributed by atoms with van der Waals surface area (Å²) in [5.41, 5.74) is 2.68. The Morgan fingerprint density at radius 1 is 1.11 bits per heavy atom. The zero-order valence-electron chi connectivity index (χ0n) is 19.9. The average molecular weight is 507 g/mol. The number of nitrogens with zero attached hydrogens (tertiary/aromatic N) is 6. The van der Waals surface area contributed by atoms with Gasteiger partial charge in [-0.3, -0.25) is 14.3 Å². The zero-order valence-corrected chi connectivity index (χ0v) is 20.7. The molecule has 3 aromatic heterocycles. The lowest BCUT2D eigenvalue weighted by Crippen LogP contribution is -2.44.